The SMILES string of the molecule is CC[C@H](CCC(=O)NC[C@H](O)[C@@H](O)[C@H](O)[C@H](O)CO)NC(=O)[C@H](CCC(=O)NC[C@H](O)[C@@H](O)[C@H](O)[C@H](O)CO)CC(=O)[C@H](CCC(=O)O)NC(=O)[C@H](CCC(=O)NC[C@H](O)[C@@H](O)[C@H](O)[C@H](O)CO)CC(=O)CC[C@H](NC(=O)c1ccc(NCc2cnc3nc(N)[nH]c(=O)c3n2)cc1)C(=O)O. The second kappa shape index (κ2) is 43.3. The molecule has 0 radical (unpaired) electrons. The van der Waals surface area contributed by atoms with Crippen LogP contribution in [-0.4, -0.2) is 297 Å². The van der Waals surface area contributed by atoms with Crippen molar-refractivity contribution in [1.29, 1.82) is 0 Å². The zero-order valence-electron chi connectivity index (χ0n) is 54.4. The van der Waals surface area contributed by atoms with E-state index in [4.69, 9.17) is 21.1 Å². The second-order valence-corrected chi connectivity index (χ2v) is 23.7. The van der Waals surface area contributed by atoms with E-state index in [-0.39, 0.29) is 48.5 Å². The van der Waals surface area contributed by atoms with Gasteiger partial charge >= 0.3 is 11.9 Å². The summed E-state index contributed by atoms with van der Waals surface area (Å²) < 4.78 is 0. The topological polar surface area (TPSA) is 696 Å². The van der Waals surface area contributed by atoms with Crippen LogP contribution >= 0.6 is 0 Å². The molecule has 0 aliphatic carbocycles. The van der Waals surface area contributed by atoms with Crippen molar-refractivity contribution < 1.29 is 135 Å². The number of H-pyrrole nitrogens is 1. The molecule has 0 spiro atoms. The first-order valence-corrected chi connectivity index (χ1v) is 31.7. The fourth-order valence-corrected chi connectivity index (χ4v) is 9.66. The van der Waals surface area contributed by atoms with E-state index in [1.807, 2.05) is 0 Å². The van der Waals surface area contributed by atoms with Gasteiger partial charge in [-0.2, -0.15) is 4.98 Å². The summed E-state index contributed by atoms with van der Waals surface area (Å²) >= 11 is 0. The number of aliphatic hydroxyl groups excluding tert-OH is 15. The van der Waals surface area contributed by atoms with Crippen LogP contribution in [0.25, 0.3) is 11.2 Å². The number of nitrogen functional groups attached to an aromatic ring is 1. The number of nitrogens with zero attached hydrogens (tertiary/aromatic N) is 3. The highest BCUT2D eigenvalue weighted by Crippen LogP contribution is 2.22. The number of Topliss-reactive ketones (excluding diaryl/α,β-unsaturated/α-hetero) is 2. The van der Waals surface area contributed by atoms with Gasteiger partial charge in [0.25, 0.3) is 11.5 Å². The lowest BCUT2D eigenvalue weighted by Crippen LogP contribution is -2.49. The highest BCUT2D eigenvalue weighted by Gasteiger charge is 2.36. The maximum Gasteiger partial charge on any atom is 0.326 e. The fraction of sp³-hybridized carbons (Fsp3) is 0.633. The number of nitrogens with one attached hydrogen (secondary N) is 8. The minimum atomic E-state index is -2.11. The number of aliphatic carboxylic acids is 2. The number of carboxylic acids is 2. The molecular weight excluding hydrogens is 1340 g/mol. The van der Waals surface area contributed by atoms with Crippen LogP contribution in [0, 0.1) is 11.8 Å². The molecule has 40 nitrogen and oxygen atoms in total. The molecule has 3 rings (SSSR count). The summed E-state index contributed by atoms with van der Waals surface area (Å²) in [5.74, 6) is -14.0. The van der Waals surface area contributed by atoms with Gasteiger partial charge in [-0.1, -0.05) is 6.92 Å². The standard InChI is InChI=1S/C60H92N12O28/c1-2-30(9-15-45(86)65-23-39(80)50(91)53(94)42(83)26-75)68-56(96)29(6-14-44(85)64-22-38(79)49(90)52(93)41(82)25-74)18-36(77)34(12-16-46(87)88)69-57(97)28(5-13-43(84)63-21-37(78)48(89)51(92)40(81)24-73)17-33(76)10-11-35(59(99)100)70-55(95)27-3-7-31(8-4-27)62-19-32-20-66-54-47(67-32)58(98)72-60(61)71-54/h3-4,7-8,20,28-30,34-35,37-42,48-53,62,73-75,78-83,89-94H,2,5-6,9-19,21-26H2,1H3,(H,63,84)(H,64,85)(H,65,86)(H,68,96)(H,69,97)(H,70,95)(H,87,88)(H,99,100)(H3,61,66,71,72,98)/t28-,29-,30-,34+,35+,37+,38+,39+,40-,41-,42-,48-,49-,50-,51-,52-,53-/m1/s1. The second-order valence-electron chi connectivity index (χ2n) is 23.7. The molecule has 40 heteroatoms. The van der Waals surface area contributed by atoms with Gasteiger partial charge in [0.15, 0.2) is 16.9 Å². The van der Waals surface area contributed by atoms with Crippen LogP contribution in [0.15, 0.2) is 35.3 Å². The Labute approximate surface area is 569 Å². The van der Waals surface area contributed by atoms with Gasteiger partial charge in [-0.15, -0.1) is 0 Å². The smallest absolute Gasteiger partial charge is 0.326 e. The van der Waals surface area contributed by atoms with Crippen LogP contribution in [0.1, 0.15) is 106 Å². The van der Waals surface area contributed by atoms with Crippen molar-refractivity contribution in [3.05, 3.63) is 52.1 Å². The Morgan fingerprint density at radius 3 is 1.44 bits per heavy atom. The van der Waals surface area contributed by atoms with Crippen molar-refractivity contribution in [2.75, 3.05) is 50.5 Å². The molecule has 0 aliphatic rings. The Hall–Kier alpha value is -8.46. The first-order chi connectivity index (χ1) is 47.1. The Balaban J connectivity index is 1.89. The van der Waals surface area contributed by atoms with Gasteiger partial charge in [0.1, 0.15) is 66.8 Å². The van der Waals surface area contributed by atoms with Crippen LogP contribution in [0.2, 0.25) is 0 Å². The van der Waals surface area contributed by atoms with E-state index in [2.05, 4.69) is 57.2 Å². The van der Waals surface area contributed by atoms with Crippen molar-refractivity contribution in [3.8, 4) is 0 Å². The predicted octanol–water partition coefficient (Wildman–Crippen LogP) is -9.74. The normalized spacial score (nSPS) is 16.7. The third kappa shape index (κ3) is 29.0. The highest BCUT2D eigenvalue weighted by atomic mass is 16.4. The van der Waals surface area contributed by atoms with E-state index in [0.717, 1.165) is 0 Å². The first-order valence-electron chi connectivity index (χ1n) is 31.7. The van der Waals surface area contributed by atoms with E-state index in [9.17, 15) is 124 Å². The number of amides is 6. The average Bonchev–Trinajstić information content (AvgIpc) is 0.809. The van der Waals surface area contributed by atoms with E-state index >= 15 is 0 Å². The van der Waals surface area contributed by atoms with Crippen LogP contribution in [0.4, 0.5) is 11.6 Å². The van der Waals surface area contributed by atoms with E-state index in [0.29, 0.717) is 11.4 Å². The molecule has 27 N–H and O–H groups in total. The number of carboxylic acid groups (broad SMARTS) is 2. The van der Waals surface area contributed by atoms with Gasteiger partial charge < -0.3 is 130 Å². The van der Waals surface area contributed by atoms with Gasteiger partial charge in [-0.3, -0.25) is 52.9 Å². The fourth-order valence-electron chi connectivity index (χ4n) is 9.66. The summed E-state index contributed by atoms with van der Waals surface area (Å²) in [7, 11) is 0. The number of hydrogen-bond donors (Lipinski definition) is 26. The minimum absolute atomic E-state index is 0.0156. The number of aromatic nitrogens is 4. The molecule has 3 aromatic rings. The van der Waals surface area contributed by atoms with Crippen LogP contribution in [0.5, 0.6) is 0 Å². The Bertz CT molecular complexity index is 3230. The lowest BCUT2D eigenvalue weighted by molar-refractivity contribution is -0.140. The zero-order chi connectivity index (χ0) is 75.1. The highest BCUT2D eigenvalue weighted by molar-refractivity contribution is 5.97. The predicted molar refractivity (Wildman–Crippen MR) is 342 cm³/mol. The Morgan fingerprint density at radius 1 is 0.530 bits per heavy atom. The maximum absolute atomic E-state index is 14.5. The number of fused-ring (bicyclic) bond motifs is 1. The van der Waals surface area contributed by atoms with Gasteiger partial charge in [0, 0.05) is 93.7 Å². The molecule has 6 amide bonds. The minimum Gasteiger partial charge on any atom is -0.481 e. The molecule has 100 heavy (non-hydrogen) atoms. The number of hydrogen-bond acceptors (Lipinski definition) is 31. The number of benzene rings is 1. The number of nitrogens with two attached hydrogens (primary N) is 1. The molecule has 0 saturated carbocycles. The quantitative estimate of drug-likeness (QED) is 0.0250. The summed E-state index contributed by atoms with van der Waals surface area (Å²) in [6.45, 7) is -3.59. The summed E-state index contributed by atoms with van der Waals surface area (Å²) in [6.07, 6.45) is -29.7. The van der Waals surface area contributed by atoms with Crippen molar-refractivity contribution in [2.45, 2.75) is 188 Å². The molecular formula is C60H92N12O28. The number of anilines is 2. The Morgan fingerprint density at radius 2 is 0.980 bits per heavy atom. The Kier molecular flexibility index (Phi) is 37.1. The summed E-state index contributed by atoms with van der Waals surface area (Å²) in [5.41, 5.74) is 5.63. The third-order valence-electron chi connectivity index (χ3n) is 15.9. The lowest BCUT2D eigenvalue weighted by atomic mass is 9.89. The van der Waals surface area contributed by atoms with Crippen LogP contribution in [0.3, 0.4) is 0 Å². The molecule has 0 saturated heterocycles. The molecule has 0 bridgehead atoms. The molecule has 2 aromatic heterocycles. The number of rotatable bonds is 49. The molecule has 1 aromatic carbocycles. The summed E-state index contributed by atoms with van der Waals surface area (Å²) in [5, 5.41) is 185. The van der Waals surface area contributed by atoms with E-state index in [1.165, 1.54) is 30.5 Å². The molecule has 0 aliphatic heterocycles. The van der Waals surface area contributed by atoms with Gasteiger partial charge in [0.05, 0.1) is 62.6 Å². The van der Waals surface area contributed by atoms with Crippen LogP contribution < -0.4 is 48.5 Å². The summed E-state index contributed by atoms with van der Waals surface area (Å²) in [4.78, 5) is 161. The lowest BCUT2D eigenvalue weighted by Gasteiger charge is -2.26. The van der Waals surface area contributed by atoms with E-state index in [1.54, 1.807) is 6.92 Å². The van der Waals surface area contributed by atoms with Crippen molar-refractivity contribution in [2.24, 2.45) is 11.8 Å². The third-order valence-corrected chi connectivity index (χ3v) is 15.9. The molecule has 17 atom stereocenters. The van der Waals surface area contributed by atoms with Gasteiger partial charge in [-0.05, 0) is 62.8 Å². The molecule has 560 valence electrons. The van der Waals surface area contributed by atoms with Crippen molar-refractivity contribution >= 4 is 81.7 Å². The average molecular weight is 1430 g/mol. The van der Waals surface area contributed by atoms with Crippen molar-refractivity contribution in [3.63, 3.8) is 0 Å². The van der Waals surface area contributed by atoms with Crippen LogP contribution in [-0.2, 0) is 49.7 Å². The number of ketones is 2. The maximum atomic E-state index is 14.5. The zero-order valence-corrected chi connectivity index (χ0v) is 54.4. The first kappa shape index (κ1) is 85.8. The van der Waals surface area contributed by atoms with E-state index < -0.39 is 271 Å². The van der Waals surface area contributed by atoms with Gasteiger partial charge in [0.2, 0.25) is 35.5 Å². The number of carbonyl (C=O) groups is 10. The van der Waals surface area contributed by atoms with Gasteiger partial charge in [-0.25, -0.2) is 14.8 Å². The van der Waals surface area contributed by atoms with Crippen molar-refractivity contribution in [1.82, 2.24) is 51.8 Å². The summed E-state index contributed by atoms with van der Waals surface area (Å²) in [6, 6.07) is 1.14. The largest absolute Gasteiger partial charge is 0.481 e. The molecule has 0 fully saturated rings. The number of aliphatic hydroxyl groups is 15. The number of carbonyl (C=O) groups excluding carboxylic acids is 8. The molecule has 2 heterocycles. The molecule has 0 unspecified atom stereocenters. The monoisotopic (exact) mass is 1430 g/mol. The number of aromatic amines is 1.